The summed E-state index contributed by atoms with van der Waals surface area (Å²) < 4.78 is 0. The van der Waals surface area contributed by atoms with Crippen LogP contribution in [0.25, 0.3) is 10.9 Å². The van der Waals surface area contributed by atoms with Crippen LogP contribution in [0.5, 0.6) is 0 Å². The van der Waals surface area contributed by atoms with Crippen molar-refractivity contribution in [3.63, 3.8) is 0 Å². The summed E-state index contributed by atoms with van der Waals surface area (Å²) in [6, 6.07) is 26.5. The number of rotatable bonds is 6. The largest absolute Gasteiger partial charge is 0.310 e. The second-order valence-electron chi connectivity index (χ2n) is 6.76. The quantitative estimate of drug-likeness (QED) is 0.387. The van der Waals surface area contributed by atoms with Gasteiger partial charge in [0, 0.05) is 24.0 Å². The Morgan fingerprint density at radius 3 is 2.13 bits per heavy atom. The minimum absolute atomic E-state index is 0.154. The monoisotopic (exact) mass is 396 g/mol. The standard InChI is InChI=1S/C24H20N4O2/c29-22(16-15-21-25-20-14-8-7-13-19(20)24(30)26-21)27-28-23(17-9-3-1-4-10-17)18-11-5-2-6-12-18/h1-14H,15-16H2,(H,27,29)(H,25,26,30). The van der Waals surface area contributed by atoms with Crippen LogP contribution >= 0.6 is 0 Å². The van der Waals surface area contributed by atoms with Crippen LogP contribution in [0.15, 0.2) is 94.8 Å². The van der Waals surface area contributed by atoms with Gasteiger partial charge in [0.2, 0.25) is 5.91 Å². The van der Waals surface area contributed by atoms with Gasteiger partial charge in [-0.05, 0) is 12.1 Å². The van der Waals surface area contributed by atoms with Gasteiger partial charge in [-0.1, -0.05) is 72.8 Å². The van der Waals surface area contributed by atoms with Gasteiger partial charge in [-0.25, -0.2) is 10.4 Å². The lowest BCUT2D eigenvalue weighted by Crippen LogP contribution is -2.22. The van der Waals surface area contributed by atoms with Crippen LogP contribution in [-0.2, 0) is 11.2 Å². The highest BCUT2D eigenvalue weighted by molar-refractivity contribution is 6.13. The first-order valence-electron chi connectivity index (χ1n) is 9.66. The van der Waals surface area contributed by atoms with E-state index < -0.39 is 0 Å². The van der Waals surface area contributed by atoms with Crippen molar-refractivity contribution in [2.75, 3.05) is 0 Å². The van der Waals surface area contributed by atoms with E-state index in [0.717, 1.165) is 11.1 Å². The molecule has 4 aromatic rings. The summed E-state index contributed by atoms with van der Waals surface area (Å²) >= 11 is 0. The highest BCUT2D eigenvalue weighted by Gasteiger charge is 2.09. The van der Waals surface area contributed by atoms with Crippen LogP contribution in [0, 0.1) is 0 Å². The van der Waals surface area contributed by atoms with Crippen molar-refractivity contribution < 1.29 is 4.79 Å². The first kappa shape index (κ1) is 19.3. The molecule has 0 aliphatic rings. The molecule has 6 nitrogen and oxygen atoms in total. The summed E-state index contributed by atoms with van der Waals surface area (Å²) in [6.07, 6.45) is 0.467. The summed E-state index contributed by atoms with van der Waals surface area (Å²) in [5.41, 5.74) is 5.54. The molecule has 0 unspecified atom stereocenters. The highest BCUT2D eigenvalue weighted by Crippen LogP contribution is 2.11. The number of aromatic amines is 1. The molecule has 0 atom stereocenters. The minimum Gasteiger partial charge on any atom is -0.310 e. The molecule has 1 aromatic heterocycles. The maximum Gasteiger partial charge on any atom is 0.258 e. The molecule has 0 aliphatic heterocycles. The fourth-order valence-electron chi connectivity index (χ4n) is 3.15. The lowest BCUT2D eigenvalue weighted by atomic mass is 10.0. The number of aromatic nitrogens is 2. The molecular weight excluding hydrogens is 376 g/mol. The number of hydrogen-bond donors (Lipinski definition) is 2. The molecule has 148 valence electrons. The molecule has 1 amide bonds. The molecule has 0 bridgehead atoms. The Kier molecular flexibility index (Phi) is 5.75. The molecule has 0 radical (unpaired) electrons. The van der Waals surface area contributed by atoms with Gasteiger partial charge < -0.3 is 4.98 Å². The number of carbonyl (C=O) groups is 1. The molecule has 30 heavy (non-hydrogen) atoms. The second kappa shape index (κ2) is 8.96. The van der Waals surface area contributed by atoms with Crippen molar-refractivity contribution >= 4 is 22.5 Å². The molecule has 4 rings (SSSR count). The third kappa shape index (κ3) is 4.50. The van der Waals surface area contributed by atoms with Crippen molar-refractivity contribution in [1.29, 1.82) is 0 Å². The van der Waals surface area contributed by atoms with Gasteiger partial charge in [-0.3, -0.25) is 9.59 Å². The fourth-order valence-corrected chi connectivity index (χ4v) is 3.15. The number of carbonyl (C=O) groups excluding carboxylic acids is 1. The summed E-state index contributed by atoms with van der Waals surface area (Å²) in [7, 11) is 0. The molecule has 0 fully saturated rings. The van der Waals surface area contributed by atoms with Crippen LogP contribution in [0.2, 0.25) is 0 Å². The average Bonchev–Trinajstić information content (AvgIpc) is 2.79. The number of aryl methyl sites for hydroxylation is 1. The number of nitrogens with one attached hydrogen (secondary N) is 2. The topological polar surface area (TPSA) is 87.2 Å². The smallest absolute Gasteiger partial charge is 0.258 e. The Hall–Kier alpha value is -4.06. The third-order valence-corrected chi connectivity index (χ3v) is 4.64. The van der Waals surface area contributed by atoms with Gasteiger partial charge in [0.25, 0.3) is 5.56 Å². The van der Waals surface area contributed by atoms with Gasteiger partial charge >= 0.3 is 0 Å². The average molecular weight is 396 g/mol. The first-order chi connectivity index (χ1) is 14.7. The molecule has 2 N–H and O–H groups in total. The third-order valence-electron chi connectivity index (χ3n) is 4.64. The molecule has 6 heteroatoms. The predicted molar refractivity (Wildman–Crippen MR) is 117 cm³/mol. The lowest BCUT2D eigenvalue weighted by molar-refractivity contribution is -0.121. The Labute approximate surface area is 173 Å². The van der Waals surface area contributed by atoms with Gasteiger partial charge in [0.1, 0.15) is 5.82 Å². The number of para-hydroxylation sites is 1. The van der Waals surface area contributed by atoms with E-state index in [1.165, 1.54) is 0 Å². The Morgan fingerprint density at radius 1 is 0.867 bits per heavy atom. The number of amides is 1. The molecule has 0 spiro atoms. The lowest BCUT2D eigenvalue weighted by Gasteiger charge is -2.08. The maximum atomic E-state index is 12.4. The van der Waals surface area contributed by atoms with Crippen LogP contribution in [-0.4, -0.2) is 21.6 Å². The Morgan fingerprint density at radius 2 is 1.47 bits per heavy atom. The number of fused-ring (bicyclic) bond motifs is 1. The van der Waals surface area contributed by atoms with Gasteiger partial charge in [-0.2, -0.15) is 5.10 Å². The summed E-state index contributed by atoms with van der Waals surface area (Å²) in [4.78, 5) is 31.7. The van der Waals surface area contributed by atoms with Crippen LogP contribution < -0.4 is 11.0 Å². The van der Waals surface area contributed by atoms with Gasteiger partial charge in [-0.15, -0.1) is 0 Å². The van der Waals surface area contributed by atoms with Crippen molar-refractivity contribution in [3.05, 3.63) is 112 Å². The van der Waals surface area contributed by atoms with Crippen molar-refractivity contribution in [3.8, 4) is 0 Å². The summed E-state index contributed by atoms with van der Waals surface area (Å²) in [6.45, 7) is 0. The number of nitrogens with zero attached hydrogens (tertiary/aromatic N) is 2. The normalized spacial score (nSPS) is 10.5. The second-order valence-corrected chi connectivity index (χ2v) is 6.76. The van der Waals surface area contributed by atoms with E-state index in [4.69, 9.17) is 0 Å². The SMILES string of the molecule is O=C(CCc1nc2ccccc2c(=O)[nH]1)NN=C(c1ccccc1)c1ccccc1. The van der Waals surface area contributed by atoms with Gasteiger partial charge in [0.05, 0.1) is 16.6 Å². The van der Waals surface area contributed by atoms with E-state index in [1.54, 1.807) is 18.2 Å². The zero-order valence-corrected chi connectivity index (χ0v) is 16.2. The van der Waals surface area contributed by atoms with Crippen LogP contribution in [0.1, 0.15) is 23.4 Å². The zero-order valence-electron chi connectivity index (χ0n) is 16.2. The van der Waals surface area contributed by atoms with Crippen molar-refractivity contribution in [1.82, 2.24) is 15.4 Å². The van der Waals surface area contributed by atoms with Gasteiger partial charge in [0.15, 0.2) is 0 Å². The molecular formula is C24H20N4O2. The maximum absolute atomic E-state index is 12.4. The molecule has 1 heterocycles. The fraction of sp³-hybridized carbons (Fsp3) is 0.0833. The van der Waals surface area contributed by atoms with E-state index in [-0.39, 0.29) is 17.9 Å². The summed E-state index contributed by atoms with van der Waals surface area (Å²) in [5.74, 6) is 0.222. The van der Waals surface area contributed by atoms with E-state index in [2.05, 4.69) is 20.5 Å². The first-order valence-corrected chi connectivity index (χ1v) is 9.66. The van der Waals surface area contributed by atoms with E-state index in [1.807, 2.05) is 66.7 Å². The van der Waals surface area contributed by atoms with Crippen molar-refractivity contribution in [2.45, 2.75) is 12.8 Å². The minimum atomic E-state index is -0.254. The molecule has 0 aliphatic carbocycles. The van der Waals surface area contributed by atoms with Crippen LogP contribution in [0.4, 0.5) is 0 Å². The Bertz CT molecular complexity index is 1210. The number of H-pyrrole nitrogens is 1. The molecule has 3 aromatic carbocycles. The van der Waals surface area contributed by atoms with Crippen LogP contribution in [0.3, 0.4) is 0 Å². The Balaban J connectivity index is 1.48. The number of benzene rings is 3. The zero-order chi connectivity index (χ0) is 20.8. The predicted octanol–water partition coefficient (Wildman–Crippen LogP) is 3.42. The number of hydrogen-bond acceptors (Lipinski definition) is 4. The molecule has 0 saturated heterocycles. The summed E-state index contributed by atoms with van der Waals surface area (Å²) in [5, 5.41) is 4.90. The highest BCUT2D eigenvalue weighted by atomic mass is 16.2. The van der Waals surface area contributed by atoms with Crippen molar-refractivity contribution in [2.24, 2.45) is 5.10 Å². The van der Waals surface area contributed by atoms with E-state index in [9.17, 15) is 9.59 Å². The molecule has 0 saturated carbocycles. The van der Waals surface area contributed by atoms with E-state index >= 15 is 0 Å². The van der Waals surface area contributed by atoms with E-state index in [0.29, 0.717) is 28.9 Å². The number of hydrazone groups is 1.